The third-order valence-corrected chi connectivity index (χ3v) is 4.18. The van der Waals surface area contributed by atoms with Crippen molar-refractivity contribution in [1.82, 2.24) is 10.2 Å². The quantitative estimate of drug-likeness (QED) is 0.842. The summed E-state index contributed by atoms with van der Waals surface area (Å²) in [4.78, 5) is 2.49. The van der Waals surface area contributed by atoms with Gasteiger partial charge < -0.3 is 10.2 Å². The Balaban J connectivity index is 1.94. The van der Waals surface area contributed by atoms with Crippen LogP contribution < -0.4 is 5.32 Å². The fourth-order valence-electron chi connectivity index (χ4n) is 3.01. The minimum Gasteiger partial charge on any atom is -0.308 e. The van der Waals surface area contributed by atoms with Gasteiger partial charge in [-0.15, -0.1) is 0 Å². The summed E-state index contributed by atoms with van der Waals surface area (Å²) in [6.07, 6.45) is 3.90. The van der Waals surface area contributed by atoms with Crippen LogP contribution in [-0.4, -0.2) is 31.1 Å². The molecule has 2 atom stereocenters. The lowest BCUT2D eigenvalue weighted by Gasteiger charge is -2.26. The van der Waals surface area contributed by atoms with Crippen LogP contribution in [0.1, 0.15) is 44.7 Å². The zero-order valence-electron chi connectivity index (χ0n) is 12.6. The Morgan fingerprint density at radius 3 is 2.58 bits per heavy atom. The van der Waals surface area contributed by atoms with E-state index in [2.05, 4.69) is 61.4 Å². The first-order valence-corrected chi connectivity index (χ1v) is 7.65. The van der Waals surface area contributed by atoms with Gasteiger partial charge in [-0.3, -0.25) is 0 Å². The highest BCUT2D eigenvalue weighted by Gasteiger charge is 2.22. The van der Waals surface area contributed by atoms with E-state index in [-0.39, 0.29) is 0 Å². The predicted molar refractivity (Wildman–Crippen MR) is 82.3 cm³/mol. The average molecular weight is 260 g/mol. The van der Waals surface area contributed by atoms with Crippen LogP contribution in [0.3, 0.4) is 0 Å². The van der Waals surface area contributed by atoms with Crippen molar-refractivity contribution in [2.24, 2.45) is 5.92 Å². The lowest BCUT2D eigenvalue weighted by atomic mass is 9.96. The Morgan fingerprint density at radius 2 is 2.00 bits per heavy atom. The summed E-state index contributed by atoms with van der Waals surface area (Å²) in [6.45, 7) is 6.98. The molecule has 0 spiro atoms. The SMILES string of the molecule is CC(C)CC(NCC1CCCN1C)c1ccccc1. The van der Waals surface area contributed by atoms with E-state index < -0.39 is 0 Å². The van der Waals surface area contributed by atoms with Gasteiger partial charge in [0.25, 0.3) is 0 Å². The first-order valence-electron chi connectivity index (χ1n) is 7.65. The number of nitrogens with one attached hydrogen (secondary N) is 1. The van der Waals surface area contributed by atoms with Crippen LogP contribution in [0.15, 0.2) is 30.3 Å². The largest absolute Gasteiger partial charge is 0.308 e. The van der Waals surface area contributed by atoms with Crippen molar-refractivity contribution >= 4 is 0 Å². The van der Waals surface area contributed by atoms with Gasteiger partial charge in [0.1, 0.15) is 0 Å². The van der Waals surface area contributed by atoms with Gasteiger partial charge in [0, 0.05) is 18.6 Å². The minimum atomic E-state index is 0.496. The standard InChI is InChI=1S/C17H28N2/c1-14(2)12-17(15-8-5-4-6-9-15)18-13-16-10-7-11-19(16)3/h4-6,8-9,14,16-18H,7,10-13H2,1-3H3. The monoisotopic (exact) mass is 260 g/mol. The van der Waals surface area contributed by atoms with E-state index in [0.717, 1.165) is 18.5 Å². The molecule has 1 aromatic rings. The molecule has 0 saturated carbocycles. The zero-order valence-corrected chi connectivity index (χ0v) is 12.6. The maximum absolute atomic E-state index is 3.80. The number of hydrogen-bond acceptors (Lipinski definition) is 2. The molecule has 1 saturated heterocycles. The summed E-state index contributed by atoms with van der Waals surface area (Å²) < 4.78 is 0. The second kappa shape index (κ2) is 7.06. The van der Waals surface area contributed by atoms with E-state index in [1.165, 1.54) is 31.4 Å². The molecule has 1 fully saturated rings. The number of hydrogen-bond donors (Lipinski definition) is 1. The molecular formula is C17H28N2. The number of rotatable bonds is 6. The fraction of sp³-hybridized carbons (Fsp3) is 0.647. The van der Waals surface area contributed by atoms with Crippen molar-refractivity contribution in [3.8, 4) is 0 Å². The van der Waals surface area contributed by atoms with Gasteiger partial charge in [-0.25, -0.2) is 0 Å². The van der Waals surface area contributed by atoms with E-state index >= 15 is 0 Å². The first kappa shape index (κ1) is 14.5. The maximum atomic E-state index is 3.80. The number of likely N-dealkylation sites (N-methyl/N-ethyl adjacent to an activating group) is 1. The highest BCUT2D eigenvalue weighted by Crippen LogP contribution is 2.22. The molecule has 1 aromatic carbocycles. The molecule has 0 aliphatic carbocycles. The van der Waals surface area contributed by atoms with Gasteiger partial charge in [-0.2, -0.15) is 0 Å². The van der Waals surface area contributed by atoms with Crippen LogP contribution >= 0.6 is 0 Å². The topological polar surface area (TPSA) is 15.3 Å². The number of likely N-dealkylation sites (tertiary alicyclic amines) is 1. The van der Waals surface area contributed by atoms with E-state index in [1.54, 1.807) is 0 Å². The number of benzene rings is 1. The minimum absolute atomic E-state index is 0.496. The third kappa shape index (κ3) is 4.32. The molecule has 2 rings (SSSR count). The van der Waals surface area contributed by atoms with Crippen molar-refractivity contribution in [2.45, 2.75) is 45.2 Å². The molecule has 1 aliphatic heterocycles. The number of nitrogens with zero attached hydrogens (tertiary/aromatic N) is 1. The Morgan fingerprint density at radius 1 is 1.26 bits per heavy atom. The second-order valence-corrected chi connectivity index (χ2v) is 6.28. The zero-order chi connectivity index (χ0) is 13.7. The highest BCUT2D eigenvalue weighted by molar-refractivity contribution is 5.19. The smallest absolute Gasteiger partial charge is 0.0323 e. The van der Waals surface area contributed by atoms with Crippen LogP contribution in [0.5, 0.6) is 0 Å². The first-order chi connectivity index (χ1) is 9.16. The Kier molecular flexibility index (Phi) is 5.41. The van der Waals surface area contributed by atoms with Gasteiger partial charge in [0.2, 0.25) is 0 Å². The Labute approximate surface area is 118 Å². The summed E-state index contributed by atoms with van der Waals surface area (Å²) in [7, 11) is 2.25. The molecule has 19 heavy (non-hydrogen) atoms. The fourth-order valence-corrected chi connectivity index (χ4v) is 3.01. The third-order valence-electron chi connectivity index (χ3n) is 4.18. The molecule has 106 valence electrons. The molecule has 0 amide bonds. The molecule has 2 nitrogen and oxygen atoms in total. The van der Waals surface area contributed by atoms with Crippen LogP contribution in [0.2, 0.25) is 0 Å². The van der Waals surface area contributed by atoms with Crippen molar-refractivity contribution in [2.75, 3.05) is 20.1 Å². The molecule has 1 heterocycles. The van der Waals surface area contributed by atoms with Gasteiger partial charge in [0.05, 0.1) is 0 Å². The molecule has 0 bridgehead atoms. The molecule has 2 unspecified atom stereocenters. The van der Waals surface area contributed by atoms with Gasteiger partial charge in [0.15, 0.2) is 0 Å². The second-order valence-electron chi connectivity index (χ2n) is 6.28. The van der Waals surface area contributed by atoms with E-state index in [1.807, 2.05) is 0 Å². The van der Waals surface area contributed by atoms with Crippen LogP contribution in [0.4, 0.5) is 0 Å². The summed E-state index contributed by atoms with van der Waals surface area (Å²) in [5, 5.41) is 3.80. The van der Waals surface area contributed by atoms with Gasteiger partial charge in [-0.05, 0) is 44.3 Å². The van der Waals surface area contributed by atoms with E-state index in [0.29, 0.717) is 6.04 Å². The molecule has 1 N–H and O–H groups in total. The van der Waals surface area contributed by atoms with Gasteiger partial charge >= 0.3 is 0 Å². The van der Waals surface area contributed by atoms with Crippen molar-refractivity contribution in [3.63, 3.8) is 0 Å². The average Bonchev–Trinajstić information content (AvgIpc) is 2.81. The molecular weight excluding hydrogens is 232 g/mol. The molecule has 2 heteroatoms. The van der Waals surface area contributed by atoms with Crippen molar-refractivity contribution in [3.05, 3.63) is 35.9 Å². The molecule has 0 aromatic heterocycles. The lowest BCUT2D eigenvalue weighted by molar-refractivity contribution is 0.284. The van der Waals surface area contributed by atoms with Crippen LogP contribution in [-0.2, 0) is 0 Å². The summed E-state index contributed by atoms with van der Waals surface area (Å²) in [5.74, 6) is 0.721. The molecule has 0 radical (unpaired) electrons. The normalized spacial score (nSPS) is 22.0. The van der Waals surface area contributed by atoms with Crippen LogP contribution in [0, 0.1) is 5.92 Å². The summed E-state index contributed by atoms with van der Waals surface area (Å²) >= 11 is 0. The van der Waals surface area contributed by atoms with E-state index in [9.17, 15) is 0 Å². The summed E-state index contributed by atoms with van der Waals surface area (Å²) in [5.41, 5.74) is 1.43. The molecule has 1 aliphatic rings. The Bertz CT molecular complexity index is 361. The highest BCUT2D eigenvalue weighted by atomic mass is 15.2. The Hall–Kier alpha value is -0.860. The van der Waals surface area contributed by atoms with E-state index in [4.69, 9.17) is 0 Å². The van der Waals surface area contributed by atoms with Crippen molar-refractivity contribution < 1.29 is 0 Å². The van der Waals surface area contributed by atoms with Crippen LogP contribution in [0.25, 0.3) is 0 Å². The lowest BCUT2D eigenvalue weighted by Crippen LogP contribution is -2.37. The summed E-state index contributed by atoms with van der Waals surface area (Å²) in [6, 6.07) is 12.1. The maximum Gasteiger partial charge on any atom is 0.0323 e. The predicted octanol–water partition coefficient (Wildman–Crippen LogP) is 3.46. The van der Waals surface area contributed by atoms with Gasteiger partial charge in [-0.1, -0.05) is 44.2 Å². The van der Waals surface area contributed by atoms with Crippen molar-refractivity contribution in [1.29, 1.82) is 0 Å².